The molecule has 4 heterocycles. The van der Waals surface area contributed by atoms with Gasteiger partial charge in [-0.1, -0.05) is 5.16 Å². The molecular weight excluding hydrogens is 399 g/mol. The van der Waals surface area contributed by atoms with Gasteiger partial charge in [-0.05, 0) is 35.9 Å². The molecule has 2 aliphatic heterocycles. The van der Waals surface area contributed by atoms with Crippen LogP contribution in [0, 0.1) is 0 Å². The molecule has 8 nitrogen and oxygen atoms in total. The molecule has 0 N–H and O–H groups in total. The minimum atomic E-state index is -3.95. The van der Waals surface area contributed by atoms with Crippen molar-refractivity contribution in [2.45, 2.75) is 30.0 Å². The third kappa shape index (κ3) is 3.18. The highest BCUT2D eigenvalue weighted by Gasteiger charge is 2.44. The predicted octanol–water partition coefficient (Wildman–Crippen LogP) is 2.54. The van der Waals surface area contributed by atoms with Crippen LogP contribution in [0.2, 0.25) is 0 Å². The number of pyridine rings is 1. The van der Waals surface area contributed by atoms with E-state index in [0.29, 0.717) is 30.2 Å². The van der Waals surface area contributed by atoms with Crippen molar-refractivity contribution >= 4 is 10.0 Å². The quantitative estimate of drug-likeness (QED) is 0.644. The third-order valence-corrected chi connectivity index (χ3v) is 7.01. The SMILES string of the molecule is O=S(=O)(c1ccc2c(c1)CCO2)N1C[C@@H](F)C[C@H]1c1nc(-c2ccncc2)no1. The fraction of sp³-hybridized carbons (Fsp3) is 0.316. The fourth-order valence-electron chi connectivity index (χ4n) is 3.69. The molecule has 0 unspecified atom stereocenters. The fourth-order valence-corrected chi connectivity index (χ4v) is 5.37. The molecule has 0 amide bonds. The van der Waals surface area contributed by atoms with Gasteiger partial charge in [-0.3, -0.25) is 4.98 Å². The Morgan fingerprint density at radius 1 is 1.17 bits per heavy atom. The average molecular weight is 416 g/mol. The Bertz CT molecular complexity index is 1150. The summed E-state index contributed by atoms with van der Waals surface area (Å²) in [4.78, 5) is 8.36. The van der Waals surface area contributed by atoms with Crippen LogP contribution in [0.4, 0.5) is 4.39 Å². The number of aromatic nitrogens is 3. The van der Waals surface area contributed by atoms with Crippen molar-refractivity contribution in [3.05, 3.63) is 54.2 Å². The molecule has 3 aromatic rings. The second-order valence-electron chi connectivity index (χ2n) is 6.98. The molecule has 1 saturated heterocycles. The number of benzene rings is 1. The van der Waals surface area contributed by atoms with Gasteiger partial charge < -0.3 is 9.26 Å². The highest BCUT2D eigenvalue weighted by atomic mass is 32.2. The van der Waals surface area contributed by atoms with Crippen molar-refractivity contribution in [2.24, 2.45) is 0 Å². The molecule has 29 heavy (non-hydrogen) atoms. The number of sulfonamides is 1. The summed E-state index contributed by atoms with van der Waals surface area (Å²) in [5, 5.41) is 3.92. The van der Waals surface area contributed by atoms with Crippen molar-refractivity contribution in [1.29, 1.82) is 0 Å². The van der Waals surface area contributed by atoms with E-state index in [1.165, 1.54) is 6.07 Å². The first kappa shape index (κ1) is 18.2. The smallest absolute Gasteiger partial charge is 0.245 e. The molecule has 5 rings (SSSR count). The van der Waals surface area contributed by atoms with Crippen LogP contribution in [0.1, 0.15) is 23.9 Å². The normalized spacial score (nSPS) is 21.8. The standard InChI is InChI=1S/C19H17FN4O4S/c20-14-10-16(19-22-18(23-28-19)12-3-6-21-7-4-12)24(11-14)29(25,26)15-1-2-17-13(9-15)5-8-27-17/h1-4,6-7,9,14,16H,5,8,10-11H2/t14-,16-/m0/s1. The molecule has 2 aliphatic rings. The zero-order valence-electron chi connectivity index (χ0n) is 15.2. The van der Waals surface area contributed by atoms with Crippen LogP contribution in [0.25, 0.3) is 11.4 Å². The molecule has 0 aliphatic carbocycles. The average Bonchev–Trinajstić information content (AvgIpc) is 3.47. The molecule has 0 spiro atoms. The Kier molecular flexibility index (Phi) is 4.32. The van der Waals surface area contributed by atoms with E-state index in [1.54, 1.807) is 36.7 Å². The molecule has 0 bridgehead atoms. The second kappa shape index (κ2) is 6.89. The molecule has 150 valence electrons. The molecule has 0 radical (unpaired) electrons. The van der Waals surface area contributed by atoms with E-state index in [2.05, 4.69) is 15.1 Å². The van der Waals surface area contributed by atoms with Crippen molar-refractivity contribution in [3.63, 3.8) is 0 Å². The molecule has 2 aromatic heterocycles. The maximum Gasteiger partial charge on any atom is 0.245 e. The first-order valence-electron chi connectivity index (χ1n) is 9.18. The van der Waals surface area contributed by atoms with E-state index in [0.717, 1.165) is 9.87 Å². The predicted molar refractivity (Wildman–Crippen MR) is 99.3 cm³/mol. The first-order valence-corrected chi connectivity index (χ1v) is 10.6. The molecule has 0 saturated carbocycles. The minimum Gasteiger partial charge on any atom is -0.493 e. The van der Waals surface area contributed by atoms with Gasteiger partial charge in [0.1, 0.15) is 18.0 Å². The Balaban J connectivity index is 1.49. The van der Waals surface area contributed by atoms with Gasteiger partial charge in [0.25, 0.3) is 0 Å². The van der Waals surface area contributed by atoms with E-state index in [4.69, 9.17) is 9.26 Å². The monoisotopic (exact) mass is 416 g/mol. The summed E-state index contributed by atoms with van der Waals surface area (Å²) in [7, 11) is -3.95. The van der Waals surface area contributed by atoms with Gasteiger partial charge in [-0.15, -0.1) is 0 Å². The molecule has 10 heteroatoms. The minimum absolute atomic E-state index is 0.0364. The van der Waals surface area contributed by atoms with Gasteiger partial charge in [0, 0.05) is 37.3 Å². The van der Waals surface area contributed by atoms with Crippen LogP contribution >= 0.6 is 0 Å². The van der Waals surface area contributed by atoms with Gasteiger partial charge in [0.05, 0.1) is 11.5 Å². The van der Waals surface area contributed by atoms with Gasteiger partial charge >= 0.3 is 0 Å². The molecular formula is C19H17FN4O4S. The highest BCUT2D eigenvalue weighted by molar-refractivity contribution is 7.89. The van der Waals surface area contributed by atoms with Crippen LogP contribution in [0.15, 0.2) is 52.1 Å². The number of halogens is 1. The van der Waals surface area contributed by atoms with E-state index in [9.17, 15) is 12.8 Å². The lowest BCUT2D eigenvalue weighted by Gasteiger charge is -2.21. The largest absolute Gasteiger partial charge is 0.493 e. The Labute approximate surface area is 166 Å². The second-order valence-corrected chi connectivity index (χ2v) is 8.87. The number of ether oxygens (including phenoxy) is 1. The summed E-state index contributed by atoms with van der Waals surface area (Å²) in [6.45, 7) is 0.269. The summed E-state index contributed by atoms with van der Waals surface area (Å²) in [5.41, 5.74) is 1.51. The molecule has 1 aromatic carbocycles. The molecule has 1 fully saturated rings. The van der Waals surface area contributed by atoms with Gasteiger partial charge in [-0.25, -0.2) is 12.8 Å². The van der Waals surface area contributed by atoms with Gasteiger partial charge in [0.2, 0.25) is 21.7 Å². The van der Waals surface area contributed by atoms with Crippen molar-refractivity contribution in [2.75, 3.05) is 13.2 Å². The zero-order valence-corrected chi connectivity index (χ0v) is 16.0. The van der Waals surface area contributed by atoms with Crippen LogP contribution in [0.3, 0.4) is 0 Å². The number of hydrogen-bond donors (Lipinski definition) is 0. The summed E-state index contributed by atoms with van der Waals surface area (Å²) in [6, 6.07) is 7.28. The van der Waals surface area contributed by atoms with Crippen molar-refractivity contribution in [1.82, 2.24) is 19.4 Å². The van der Waals surface area contributed by atoms with E-state index >= 15 is 0 Å². The van der Waals surface area contributed by atoms with Crippen molar-refractivity contribution in [3.8, 4) is 17.1 Å². The summed E-state index contributed by atoms with van der Waals surface area (Å²) in [5.74, 6) is 1.06. The Hall–Kier alpha value is -2.85. The van der Waals surface area contributed by atoms with Crippen LogP contribution in [-0.4, -0.2) is 47.2 Å². The number of rotatable bonds is 4. The number of nitrogens with zero attached hydrogens (tertiary/aromatic N) is 4. The number of alkyl halides is 1. The lowest BCUT2D eigenvalue weighted by Crippen LogP contribution is -2.31. The van der Waals surface area contributed by atoms with Crippen LogP contribution < -0.4 is 4.74 Å². The third-order valence-electron chi connectivity index (χ3n) is 5.14. The Morgan fingerprint density at radius 2 is 2.00 bits per heavy atom. The maximum absolute atomic E-state index is 14.3. The Morgan fingerprint density at radius 3 is 2.83 bits per heavy atom. The summed E-state index contributed by atoms with van der Waals surface area (Å²) < 4.78 is 52.7. The lowest BCUT2D eigenvalue weighted by atomic mass is 10.2. The molecule has 2 atom stereocenters. The zero-order chi connectivity index (χ0) is 20.0. The summed E-state index contributed by atoms with van der Waals surface area (Å²) >= 11 is 0. The topological polar surface area (TPSA) is 98.4 Å². The highest BCUT2D eigenvalue weighted by Crippen LogP contribution is 2.39. The van der Waals surface area contributed by atoms with Crippen LogP contribution in [-0.2, 0) is 16.4 Å². The lowest BCUT2D eigenvalue weighted by molar-refractivity contribution is 0.290. The van der Waals surface area contributed by atoms with Gasteiger partial charge in [0.15, 0.2) is 0 Å². The number of fused-ring (bicyclic) bond motifs is 1. The number of hydrogen-bond acceptors (Lipinski definition) is 7. The van der Waals surface area contributed by atoms with Gasteiger partial charge in [-0.2, -0.15) is 9.29 Å². The van der Waals surface area contributed by atoms with Crippen LogP contribution in [0.5, 0.6) is 5.75 Å². The van der Waals surface area contributed by atoms with E-state index < -0.39 is 22.2 Å². The van der Waals surface area contributed by atoms with E-state index in [-0.39, 0.29) is 23.8 Å². The maximum atomic E-state index is 14.3. The van der Waals surface area contributed by atoms with E-state index in [1.807, 2.05) is 0 Å². The summed E-state index contributed by atoms with van der Waals surface area (Å²) in [6.07, 6.45) is 2.47. The first-order chi connectivity index (χ1) is 14.0. The van der Waals surface area contributed by atoms with Crippen molar-refractivity contribution < 1.29 is 22.1 Å².